The minimum Gasteiger partial charge on any atom is -0.250 e. The van der Waals surface area contributed by atoms with E-state index in [1.165, 1.54) is 12.3 Å². The van der Waals surface area contributed by atoms with E-state index in [9.17, 15) is 4.39 Å². The van der Waals surface area contributed by atoms with E-state index in [0.29, 0.717) is 11.5 Å². The first kappa shape index (κ1) is 8.74. The molecule has 0 amide bonds. The molecule has 0 fully saturated rings. The molecule has 0 unspecified atom stereocenters. The second-order valence-corrected chi connectivity index (χ2v) is 2.89. The molecule has 0 atom stereocenters. The van der Waals surface area contributed by atoms with Gasteiger partial charge in [-0.05, 0) is 24.6 Å². The van der Waals surface area contributed by atoms with Crippen molar-refractivity contribution in [2.24, 2.45) is 0 Å². The first-order chi connectivity index (χ1) is 6.77. The molecule has 2 rings (SSSR count). The summed E-state index contributed by atoms with van der Waals surface area (Å²) in [4.78, 5) is 12.0. The maximum atomic E-state index is 12.8. The number of aryl methyl sites for hydroxylation is 1. The largest absolute Gasteiger partial charge is 0.250 e. The van der Waals surface area contributed by atoms with Gasteiger partial charge in [0.15, 0.2) is 5.82 Å². The standard InChI is InChI=1S/C10H8FN3/c1-7-5-8(11)6-14-9(7)10-12-3-2-4-13-10/h2-6H,1H3. The lowest BCUT2D eigenvalue weighted by molar-refractivity contribution is 0.620. The number of nitrogens with zero attached hydrogens (tertiary/aromatic N) is 3. The second kappa shape index (κ2) is 3.49. The summed E-state index contributed by atoms with van der Waals surface area (Å²) >= 11 is 0. The summed E-state index contributed by atoms with van der Waals surface area (Å²) < 4.78 is 12.8. The van der Waals surface area contributed by atoms with Gasteiger partial charge in [0.25, 0.3) is 0 Å². The summed E-state index contributed by atoms with van der Waals surface area (Å²) in [6.45, 7) is 1.78. The van der Waals surface area contributed by atoms with E-state index in [0.717, 1.165) is 5.56 Å². The quantitative estimate of drug-likeness (QED) is 0.688. The number of pyridine rings is 1. The highest BCUT2D eigenvalue weighted by Gasteiger charge is 2.06. The molecule has 0 aliphatic rings. The van der Waals surface area contributed by atoms with E-state index >= 15 is 0 Å². The number of halogens is 1. The van der Waals surface area contributed by atoms with Gasteiger partial charge in [-0.1, -0.05) is 0 Å². The average molecular weight is 189 g/mol. The van der Waals surface area contributed by atoms with Gasteiger partial charge in [0, 0.05) is 12.4 Å². The van der Waals surface area contributed by atoms with Crippen molar-refractivity contribution in [1.82, 2.24) is 15.0 Å². The van der Waals surface area contributed by atoms with Crippen molar-refractivity contribution in [3.8, 4) is 11.5 Å². The highest BCUT2D eigenvalue weighted by molar-refractivity contribution is 5.53. The normalized spacial score (nSPS) is 10.1. The van der Waals surface area contributed by atoms with E-state index in [1.807, 2.05) is 0 Å². The summed E-state index contributed by atoms with van der Waals surface area (Å²) in [7, 11) is 0. The third kappa shape index (κ3) is 1.59. The Morgan fingerprint density at radius 2 is 1.86 bits per heavy atom. The Hall–Kier alpha value is -1.84. The number of hydrogen-bond donors (Lipinski definition) is 0. The van der Waals surface area contributed by atoms with Gasteiger partial charge in [-0.25, -0.2) is 19.3 Å². The van der Waals surface area contributed by atoms with Crippen molar-refractivity contribution in [3.63, 3.8) is 0 Å². The average Bonchev–Trinajstić information content (AvgIpc) is 2.19. The maximum absolute atomic E-state index is 12.8. The Morgan fingerprint density at radius 1 is 1.14 bits per heavy atom. The van der Waals surface area contributed by atoms with Crippen LogP contribution in [0.5, 0.6) is 0 Å². The zero-order valence-corrected chi connectivity index (χ0v) is 7.61. The first-order valence-corrected chi connectivity index (χ1v) is 4.17. The summed E-state index contributed by atoms with van der Waals surface area (Å²) in [5.41, 5.74) is 1.35. The van der Waals surface area contributed by atoms with E-state index in [1.54, 1.807) is 25.4 Å². The van der Waals surface area contributed by atoms with Crippen molar-refractivity contribution in [1.29, 1.82) is 0 Å². The lowest BCUT2D eigenvalue weighted by Crippen LogP contribution is -1.94. The van der Waals surface area contributed by atoms with Crippen LogP contribution in [0.3, 0.4) is 0 Å². The van der Waals surface area contributed by atoms with Gasteiger partial charge in [-0.3, -0.25) is 0 Å². The second-order valence-electron chi connectivity index (χ2n) is 2.89. The van der Waals surface area contributed by atoms with E-state index in [2.05, 4.69) is 15.0 Å². The molecule has 2 aromatic heterocycles. The van der Waals surface area contributed by atoms with Crippen LogP contribution < -0.4 is 0 Å². The Bertz CT molecular complexity index is 442. The molecule has 0 N–H and O–H groups in total. The zero-order valence-electron chi connectivity index (χ0n) is 7.61. The summed E-state index contributed by atoms with van der Waals surface area (Å²) in [5, 5.41) is 0. The molecular formula is C10H8FN3. The van der Waals surface area contributed by atoms with E-state index in [-0.39, 0.29) is 5.82 Å². The van der Waals surface area contributed by atoms with Crippen LogP contribution in [0, 0.1) is 12.7 Å². The minimum atomic E-state index is -0.345. The molecule has 0 aromatic carbocycles. The molecule has 0 aliphatic heterocycles. The minimum absolute atomic E-state index is 0.345. The molecular weight excluding hydrogens is 181 g/mol. The lowest BCUT2D eigenvalue weighted by Gasteiger charge is -2.01. The lowest BCUT2D eigenvalue weighted by atomic mass is 10.2. The summed E-state index contributed by atoms with van der Waals surface area (Å²) in [6.07, 6.45) is 4.43. The van der Waals surface area contributed by atoms with Gasteiger partial charge in [0.2, 0.25) is 0 Å². The number of rotatable bonds is 1. The third-order valence-electron chi connectivity index (χ3n) is 1.82. The Balaban J connectivity index is 2.53. The van der Waals surface area contributed by atoms with Crippen molar-refractivity contribution in [3.05, 3.63) is 42.1 Å². The molecule has 0 radical (unpaired) electrons. The molecule has 2 heterocycles. The molecule has 0 saturated carbocycles. The van der Waals surface area contributed by atoms with Crippen molar-refractivity contribution in [2.75, 3.05) is 0 Å². The maximum Gasteiger partial charge on any atom is 0.178 e. The van der Waals surface area contributed by atoms with Crippen LogP contribution in [0.4, 0.5) is 4.39 Å². The number of hydrogen-bond acceptors (Lipinski definition) is 3. The molecule has 70 valence electrons. The molecule has 14 heavy (non-hydrogen) atoms. The van der Waals surface area contributed by atoms with Crippen LogP contribution >= 0.6 is 0 Å². The Morgan fingerprint density at radius 3 is 2.50 bits per heavy atom. The van der Waals surface area contributed by atoms with E-state index < -0.39 is 0 Å². The molecule has 0 saturated heterocycles. The van der Waals surface area contributed by atoms with Gasteiger partial charge in [0.05, 0.1) is 6.20 Å². The van der Waals surface area contributed by atoms with Gasteiger partial charge < -0.3 is 0 Å². The monoisotopic (exact) mass is 189 g/mol. The fourth-order valence-corrected chi connectivity index (χ4v) is 1.20. The van der Waals surface area contributed by atoms with Gasteiger partial charge >= 0.3 is 0 Å². The van der Waals surface area contributed by atoms with Crippen LogP contribution in [0.25, 0.3) is 11.5 Å². The predicted molar refractivity (Wildman–Crippen MR) is 50.0 cm³/mol. The van der Waals surface area contributed by atoms with Crippen molar-refractivity contribution in [2.45, 2.75) is 6.92 Å². The van der Waals surface area contributed by atoms with Gasteiger partial charge in [0.1, 0.15) is 11.5 Å². The fraction of sp³-hybridized carbons (Fsp3) is 0.100. The van der Waals surface area contributed by atoms with Crippen LogP contribution in [0.2, 0.25) is 0 Å². The smallest absolute Gasteiger partial charge is 0.178 e. The fourth-order valence-electron chi connectivity index (χ4n) is 1.20. The van der Waals surface area contributed by atoms with Gasteiger partial charge in [-0.2, -0.15) is 0 Å². The van der Waals surface area contributed by atoms with Crippen LogP contribution in [-0.2, 0) is 0 Å². The molecule has 0 spiro atoms. The topological polar surface area (TPSA) is 38.7 Å². The zero-order chi connectivity index (χ0) is 9.97. The Labute approximate surface area is 80.7 Å². The third-order valence-corrected chi connectivity index (χ3v) is 1.82. The van der Waals surface area contributed by atoms with Crippen LogP contribution in [0.15, 0.2) is 30.7 Å². The first-order valence-electron chi connectivity index (χ1n) is 4.17. The van der Waals surface area contributed by atoms with Gasteiger partial charge in [-0.15, -0.1) is 0 Å². The summed E-state index contributed by atoms with van der Waals surface area (Å²) in [6, 6.07) is 3.14. The van der Waals surface area contributed by atoms with Crippen molar-refractivity contribution >= 4 is 0 Å². The van der Waals surface area contributed by atoms with E-state index in [4.69, 9.17) is 0 Å². The summed E-state index contributed by atoms with van der Waals surface area (Å²) in [5.74, 6) is 0.173. The highest BCUT2D eigenvalue weighted by Crippen LogP contribution is 2.16. The van der Waals surface area contributed by atoms with Crippen LogP contribution in [0.1, 0.15) is 5.56 Å². The van der Waals surface area contributed by atoms with Crippen molar-refractivity contribution < 1.29 is 4.39 Å². The van der Waals surface area contributed by atoms with Crippen LogP contribution in [-0.4, -0.2) is 15.0 Å². The molecule has 3 nitrogen and oxygen atoms in total. The molecule has 2 aromatic rings. The molecule has 4 heteroatoms. The molecule has 0 aliphatic carbocycles. The SMILES string of the molecule is Cc1cc(F)cnc1-c1ncccn1. The highest BCUT2D eigenvalue weighted by atomic mass is 19.1. The Kier molecular flexibility index (Phi) is 2.18. The molecule has 0 bridgehead atoms. The number of aromatic nitrogens is 3. The predicted octanol–water partition coefficient (Wildman–Crippen LogP) is 1.99.